The zero-order valence-corrected chi connectivity index (χ0v) is 34.6. The molecule has 0 aromatic carbocycles. The number of aliphatic hydroxyl groups excluding tert-OH is 5. The summed E-state index contributed by atoms with van der Waals surface area (Å²) in [6.07, 6.45) is 19.6. The topological polar surface area (TPSA) is 210 Å². The highest BCUT2D eigenvalue weighted by Crippen LogP contribution is 2.47. The summed E-state index contributed by atoms with van der Waals surface area (Å²) < 4.78 is 33.4. The molecule has 0 amide bonds. The van der Waals surface area contributed by atoms with E-state index in [0.29, 0.717) is 12.8 Å². The van der Waals surface area contributed by atoms with Crippen LogP contribution in [0, 0.1) is 0 Å². The van der Waals surface area contributed by atoms with Gasteiger partial charge in [0.05, 0.1) is 6.61 Å². The molecule has 0 radical (unpaired) electrons. The molecular weight excluding hydrogens is 731 g/mol. The molecule has 0 heterocycles. The predicted octanol–water partition coefficient (Wildman–Crippen LogP) is 7.28. The Morgan fingerprint density at radius 1 is 0.545 bits per heavy atom. The summed E-state index contributed by atoms with van der Waals surface area (Å²) in [6, 6.07) is 0. The molecule has 6 N–H and O–H groups in total. The fraction of sp³-hybridized carbons (Fsp3) is 0.854. The van der Waals surface area contributed by atoms with Crippen LogP contribution in [0.15, 0.2) is 24.3 Å². The lowest BCUT2D eigenvalue weighted by Gasteiger charge is -2.41. The van der Waals surface area contributed by atoms with Crippen molar-refractivity contribution >= 4 is 19.8 Å². The van der Waals surface area contributed by atoms with Crippen molar-refractivity contribution in [1.82, 2.24) is 0 Å². The van der Waals surface area contributed by atoms with Crippen molar-refractivity contribution in [3.63, 3.8) is 0 Å². The van der Waals surface area contributed by atoms with E-state index in [4.69, 9.17) is 18.5 Å². The van der Waals surface area contributed by atoms with Gasteiger partial charge in [0, 0.05) is 12.8 Å². The lowest BCUT2D eigenvalue weighted by Crippen LogP contribution is -2.64. The van der Waals surface area contributed by atoms with Crippen molar-refractivity contribution in [1.29, 1.82) is 0 Å². The zero-order valence-electron chi connectivity index (χ0n) is 33.7. The third kappa shape index (κ3) is 25.3. The van der Waals surface area contributed by atoms with Crippen LogP contribution in [0.3, 0.4) is 0 Å². The normalized spacial score (nSPS) is 23.3. The highest BCUT2D eigenvalue weighted by Gasteiger charge is 2.51. The van der Waals surface area contributed by atoms with Crippen LogP contribution in [-0.4, -0.2) is 98.3 Å². The van der Waals surface area contributed by atoms with Gasteiger partial charge in [-0.25, -0.2) is 4.57 Å². The van der Waals surface area contributed by atoms with Gasteiger partial charge in [0.1, 0.15) is 43.2 Å². The first-order chi connectivity index (χ1) is 26.4. The molecule has 1 fully saturated rings. The second-order valence-corrected chi connectivity index (χ2v) is 16.2. The van der Waals surface area contributed by atoms with Gasteiger partial charge < -0.3 is 39.9 Å². The van der Waals surface area contributed by atoms with Gasteiger partial charge in [-0.1, -0.05) is 115 Å². The number of carbonyl (C=O) groups is 2. The molecule has 1 aliphatic carbocycles. The smallest absolute Gasteiger partial charge is 0.462 e. The molecular formula is C41H75O13P. The minimum absolute atomic E-state index is 0.0860. The Labute approximate surface area is 330 Å². The zero-order chi connectivity index (χ0) is 40.7. The lowest BCUT2D eigenvalue weighted by atomic mass is 9.85. The van der Waals surface area contributed by atoms with Gasteiger partial charge in [-0.2, -0.15) is 0 Å². The first kappa shape index (κ1) is 51.3. The van der Waals surface area contributed by atoms with Crippen LogP contribution in [0.4, 0.5) is 0 Å². The number of hydrogen-bond acceptors (Lipinski definition) is 12. The van der Waals surface area contributed by atoms with Gasteiger partial charge in [-0.15, -0.1) is 0 Å². The van der Waals surface area contributed by atoms with Gasteiger partial charge in [-0.05, 0) is 64.2 Å². The molecule has 1 saturated carbocycles. The van der Waals surface area contributed by atoms with E-state index >= 15 is 0 Å². The van der Waals surface area contributed by atoms with Crippen molar-refractivity contribution in [2.75, 3.05) is 13.2 Å². The fourth-order valence-corrected chi connectivity index (χ4v) is 7.25. The molecule has 0 saturated heterocycles. The SMILES string of the molecule is CCCCCCC=CCCCCCCCC(=O)OCC(COP(=O)(O)OC1C(O)C(O)C(O)C(O)C1O)OC(=O)CCCCCCCC=CCCCCCC. The van der Waals surface area contributed by atoms with Crippen molar-refractivity contribution in [3.8, 4) is 0 Å². The summed E-state index contributed by atoms with van der Waals surface area (Å²) in [6.45, 7) is 3.23. The summed E-state index contributed by atoms with van der Waals surface area (Å²) in [5.74, 6) is -1.12. The number of aliphatic hydroxyl groups is 5. The van der Waals surface area contributed by atoms with Crippen LogP contribution in [0.2, 0.25) is 0 Å². The Morgan fingerprint density at radius 2 is 0.927 bits per heavy atom. The Balaban J connectivity index is 2.52. The second kappa shape index (κ2) is 32.3. The van der Waals surface area contributed by atoms with E-state index in [-0.39, 0.29) is 12.8 Å². The van der Waals surface area contributed by atoms with Crippen LogP contribution >= 0.6 is 7.82 Å². The highest BCUT2D eigenvalue weighted by atomic mass is 31.2. The Hall–Kier alpha value is -1.67. The summed E-state index contributed by atoms with van der Waals surface area (Å²) in [5, 5.41) is 50.0. The molecule has 13 nitrogen and oxygen atoms in total. The molecule has 0 bridgehead atoms. The largest absolute Gasteiger partial charge is 0.472 e. The van der Waals surface area contributed by atoms with E-state index in [0.717, 1.165) is 77.0 Å². The Morgan fingerprint density at radius 3 is 1.38 bits per heavy atom. The maximum Gasteiger partial charge on any atom is 0.472 e. The summed E-state index contributed by atoms with van der Waals surface area (Å²) >= 11 is 0. The number of hydrogen-bond donors (Lipinski definition) is 6. The van der Waals surface area contributed by atoms with Crippen molar-refractivity contribution in [2.45, 2.75) is 211 Å². The molecule has 1 aliphatic rings. The number of carbonyl (C=O) groups excluding carboxylic acids is 2. The van der Waals surface area contributed by atoms with Crippen LogP contribution in [-0.2, 0) is 32.7 Å². The number of esters is 2. The van der Waals surface area contributed by atoms with E-state index < -0.39 is 75.7 Å². The summed E-state index contributed by atoms with van der Waals surface area (Å²) in [4.78, 5) is 35.5. The van der Waals surface area contributed by atoms with E-state index in [1.165, 1.54) is 51.4 Å². The molecule has 6 unspecified atom stereocenters. The number of allylic oxidation sites excluding steroid dienone is 4. The number of unbranched alkanes of at least 4 members (excludes halogenated alkanes) is 18. The van der Waals surface area contributed by atoms with E-state index in [1.807, 2.05) is 0 Å². The minimum Gasteiger partial charge on any atom is -0.462 e. The van der Waals surface area contributed by atoms with Crippen molar-refractivity contribution in [2.24, 2.45) is 0 Å². The van der Waals surface area contributed by atoms with Crippen LogP contribution in [0.25, 0.3) is 0 Å². The predicted molar refractivity (Wildman–Crippen MR) is 212 cm³/mol. The van der Waals surface area contributed by atoms with Gasteiger partial charge in [0.15, 0.2) is 6.10 Å². The summed E-state index contributed by atoms with van der Waals surface area (Å²) in [5.41, 5.74) is 0. The average Bonchev–Trinajstić information content (AvgIpc) is 3.16. The van der Waals surface area contributed by atoms with Crippen molar-refractivity contribution in [3.05, 3.63) is 24.3 Å². The monoisotopic (exact) mass is 806 g/mol. The van der Waals surface area contributed by atoms with Crippen molar-refractivity contribution < 1.29 is 63.1 Å². The molecule has 0 aromatic rings. The molecule has 0 aliphatic heterocycles. The molecule has 6 atom stereocenters. The number of phosphoric ester groups is 1. The number of ether oxygens (including phenoxy) is 2. The third-order valence-corrected chi connectivity index (χ3v) is 10.8. The van der Waals surface area contributed by atoms with E-state index in [1.54, 1.807) is 0 Å². The fourth-order valence-electron chi connectivity index (χ4n) is 6.28. The second-order valence-electron chi connectivity index (χ2n) is 14.8. The average molecular weight is 807 g/mol. The van der Waals surface area contributed by atoms with Gasteiger partial charge in [-0.3, -0.25) is 18.6 Å². The van der Waals surface area contributed by atoms with Gasteiger partial charge in [0.25, 0.3) is 0 Å². The number of phosphoric acid groups is 1. The molecule has 14 heteroatoms. The molecule has 1 rings (SSSR count). The van der Waals surface area contributed by atoms with E-state index in [2.05, 4.69) is 38.2 Å². The summed E-state index contributed by atoms with van der Waals surface area (Å²) in [7, 11) is -5.11. The Bertz CT molecular complexity index is 1070. The minimum atomic E-state index is -5.11. The maximum atomic E-state index is 12.8. The molecule has 0 spiro atoms. The Kier molecular flexibility index (Phi) is 30.2. The lowest BCUT2D eigenvalue weighted by molar-refractivity contribution is -0.220. The molecule has 55 heavy (non-hydrogen) atoms. The van der Waals surface area contributed by atoms with Crippen LogP contribution in [0.5, 0.6) is 0 Å². The standard InChI is InChI=1S/C41H75O13P/c1-3-5-7-9-11-13-15-17-19-21-23-25-27-29-34(42)51-31-33(32-52-55(49,50)54-41-39(47)37(45)36(44)38(46)40(41)48)53-35(43)30-28-26-24-22-20-18-16-14-12-10-8-6-4-2/h13-16,33,36-41,44-48H,3-12,17-32H2,1-2H3,(H,49,50). The molecule has 322 valence electrons. The van der Waals surface area contributed by atoms with Gasteiger partial charge >= 0.3 is 19.8 Å². The van der Waals surface area contributed by atoms with Gasteiger partial charge in [0.2, 0.25) is 0 Å². The quantitative estimate of drug-likeness (QED) is 0.0164. The first-order valence-electron chi connectivity index (χ1n) is 21.1. The van der Waals surface area contributed by atoms with Crippen LogP contribution in [0.1, 0.15) is 168 Å². The maximum absolute atomic E-state index is 12.8. The third-order valence-electron chi connectivity index (χ3n) is 9.77. The molecule has 0 aromatic heterocycles. The highest BCUT2D eigenvalue weighted by molar-refractivity contribution is 7.47. The van der Waals surface area contributed by atoms with E-state index in [9.17, 15) is 44.6 Å². The van der Waals surface area contributed by atoms with Crippen LogP contribution < -0.4 is 0 Å². The number of rotatable bonds is 34. The first-order valence-corrected chi connectivity index (χ1v) is 22.6.